The smallest absolute Gasteiger partial charge is 0.220 e. The van der Waals surface area contributed by atoms with E-state index in [-0.39, 0.29) is 11.8 Å². The van der Waals surface area contributed by atoms with E-state index in [1.54, 1.807) is 0 Å². The molecule has 2 N–H and O–H groups in total. The van der Waals surface area contributed by atoms with Crippen molar-refractivity contribution in [3.8, 4) is 0 Å². The highest BCUT2D eigenvalue weighted by Crippen LogP contribution is 2.30. The van der Waals surface area contributed by atoms with Crippen LogP contribution in [0.4, 0.5) is 0 Å². The summed E-state index contributed by atoms with van der Waals surface area (Å²) >= 11 is 0. The van der Waals surface area contributed by atoms with Crippen LogP contribution in [-0.2, 0) is 4.79 Å². The number of likely N-dealkylation sites (tertiary alicyclic amines) is 1. The number of piperidine rings is 1. The van der Waals surface area contributed by atoms with Crippen LogP contribution in [0.25, 0.3) is 0 Å². The molecule has 2 aliphatic rings. The molecular formula is C10H19N3O. The Morgan fingerprint density at radius 1 is 1.21 bits per heavy atom. The summed E-state index contributed by atoms with van der Waals surface area (Å²) in [6, 6.07) is 1.04. The van der Waals surface area contributed by atoms with Gasteiger partial charge in [0.2, 0.25) is 5.91 Å². The van der Waals surface area contributed by atoms with E-state index in [2.05, 4.69) is 23.9 Å². The molecule has 2 bridgehead atoms. The number of rotatable bonds is 1. The first-order valence-corrected chi connectivity index (χ1v) is 5.27. The highest BCUT2D eigenvalue weighted by atomic mass is 16.1. The molecule has 2 unspecified atom stereocenters. The van der Waals surface area contributed by atoms with Gasteiger partial charge in [-0.3, -0.25) is 9.69 Å². The molecule has 0 aromatic carbocycles. The number of carbonyl (C=O) groups is 1. The third kappa shape index (κ3) is 1.64. The maximum atomic E-state index is 11.2. The van der Waals surface area contributed by atoms with Crippen LogP contribution in [0.2, 0.25) is 0 Å². The molecule has 0 spiro atoms. The second-order valence-electron chi connectivity index (χ2n) is 4.77. The van der Waals surface area contributed by atoms with Crippen molar-refractivity contribution in [1.82, 2.24) is 9.80 Å². The Morgan fingerprint density at radius 2 is 1.71 bits per heavy atom. The molecular weight excluding hydrogens is 178 g/mol. The average Bonchev–Trinajstić information content (AvgIpc) is 2.06. The van der Waals surface area contributed by atoms with Gasteiger partial charge >= 0.3 is 0 Å². The predicted molar refractivity (Wildman–Crippen MR) is 54.8 cm³/mol. The fourth-order valence-electron chi connectivity index (χ4n) is 2.82. The first kappa shape index (κ1) is 9.93. The Labute approximate surface area is 85.0 Å². The molecule has 4 nitrogen and oxygen atoms in total. The molecule has 2 aliphatic heterocycles. The zero-order valence-electron chi connectivity index (χ0n) is 8.94. The highest BCUT2D eigenvalue weighted by Gasteiger charge is 2.39. The molecule has 1 amide bonds. The van der Waals surface area contributed by atoms with Gasteiger partial charge in [-0.15, -0.1) is 0 Å². The van der Waals surface area contributed by atoms with Gasteiger partial charge < -0.3 is 10.6 Å². The number of carbonyl (C=O) groups excluding carboxylic acids is 1. The van der Waals surface area contributed by atoms with Crippen molar-refractivity contribution in [3.05, 3.63) is 0 Å². The minimum atomic E-state index is -0.113. The van der Waals surface area contributed by atoms with E-state index in [1.807, 2.05) is 0 Å². The van der Waals surface area contributed by atoms with E-state index >= 15 is 0 Å². The molecule has 80 valence electrons. The summed E-state index contributed by atoms with van der Waals surface area (Å²) in [4.78, 5) is 15.9. The highest BCUT2D eigenvalue weighted by molar-refractivity contribution is 5.76. The molecule has 4 heteroatoms. The zero-order chi connectivity index (χ0) is 10.3. The summed E-state index contributed by atoms with van der Waals surface area (Å²) in [5, 5.41) is 0. The third-order valence-corrected chi connectivity index (χ3v) is 3.71. The summed E-state index contributed by atoms with van der Waals surface area (Å²) in [5.74, 6) is -0.00690. The molecule has 2 saturated heterocycles. The number of hydrogen-bond acceptors (Lipinski definition) is 3. The van der Waals surface area contributed by atoms with Crippen LogP contribution in [0, 0.1) is 5.92 Å². The Bertz CT molecular complexity index is 228. The van der Waals surface area contributed by atoms with Gasteiger partial charge in [-0.05, 0) is 26.9 Å². The molecule has 14 heavy (non-hydrogen) atoms. The van der Waals surface area contributed by atoms with Gasteiger partial charge in [0.25, 0.3) is 0 Å². The maximum absolute atomic E-state index is 11.2. The van der Waals surface area contributed by atoms with Gasteiger partial charge in [0.1, 0.15) is 0 Å². The summed E-state index contributed by atoms with van der Waals surface area (Å²) < 4.78 is 0. The van der Waals surface area contributed by atoms with Crippen LogP contribution in [0.5, 0.6) is 0 Å². The molecule has 0 saturated carbocycles. The van der Waals surface area contributed by atoms with E-state index in [4.69, 9.17) is 5.73 Å². The normalized spacial score (nSPS) is 39.7. The Kier molecular flexibility index (Phi) is 2.49. The minimum Gasteiger partial charge on any atom is -0.369 e. The fourth-order valence-corrected chi connectivity index (χ4v) is 2.82. The van der Waals surface area contributed by atoms with Crippen LogP contribution < -0.4 is 5.73 Å². The molecule has 2 heterocycles. The first-order chi connectivity index (χ1) is 6.58. The Morgan fingerprint density at radius 3 is 2.14 bits per heavy atom. The quantitative estimate of drug-likeness (QED) is 0.616. The van der Waals surface area contributed by atoms with Crippen LogP contribution in [0.3, 0.4) is 0 Å². The lowest BCUT2D eigenvalue weighted by molar-refractivity contribution is -0.126. The van der Waals surface area contributed by atoms with Crippen molar-refractivity contribution in [1.29, 1.82) is 0 Å². The molecule has 0 radical (unpaired) electrons. The third-order valence-electron chi connectivity index (χ3n) is 3.71. The summed E-state index contributed by atoms with van der Waals surface area (Å²) in [6.45, 7) is 2.13. The topological polar surface area (TPSA) is 49.6 Å². The molecule has 2 fully saturated rings. The number of nitrogens with zero attached hydrogens (tertiary/aromatic N) is 2. The van der Waals surface area contributed by atoms with Gasteiger partial charge in [0.15, 0.2) is 0 Å². The second kappa shape index (κ2) is 3.51. The lowest BCUT2D eigenvalue weighted by atomic mass is 9.83. The van der Waals surface area contributed by atoms with Crippen molar-refractivity contribution in [2.24, 2.45) is 11.7 Å². The molecule has 0 aliphatic carbocycles. The SMILES string of the molecule is CN1CC2CC(C(N)=O)CC(C1)N2C. The summed E-state index contributed by atoms with van der Waals surface area (Å²) in [7, 11) is 4.32. The van der Waals surface area contributed by atoms with Crippen LogP contribution >= 0.6 is 0 Å². The summed E-state index contributed by atoms with van der Waals surface area (Å²) in [5.41, 5.74) is 5.38. The molecule has 2 rings (SSSR count). The Balaban J connectivity index is 2.09. The van der Waals surface area contributed by atoms with E-state index in [0.29, 0.717) is 12.1 Å². The largest absolute Gasteiger partial charge is 0.369 e. The number of hydrogen-bond donors (Lipinski definition) is 1. The van der Waals surface area contributed by atoms with E-state index in [0.717, 1.165) is 25.9 Å². The van der Waals surface area contributed by atoms with E-state index < -0.39 is 0 Å². The average molecular weight is 197 g/mol. The van der Waals surface area contributed by atoms with Crippen LogP contribution in [0.1, 0.15) is 12.8 Å². The predicted octanol–water partition coefficient (Wildman–Crippen LogP) is -0.504. The molecule has 2 atom stereocenters. The van der Waals surface area contributed by atoms with Gasteiger partial charge in [-0.1, -0.05) is 0 Å². The Hall–Kier alpha value is -0.610. The van der Waals surface area contributed by atoms with Crippen molar-refractivity contribution in [2.45, 2.75) is 24.9 Å². The lowest BCUT2D eigenvalue weighted by Crippen LogP contribution is -2.60. The summed E-state index contributed by atoms with van der Waals surface area (Å²) in [6.07, 6.45) is 1.87. The second-order valence-corrected chi connectivity index (χ2v) is 4.77. The number of piperazine rings is 1. The van der Waals surface area contributed by atoms with Crippen LogP contribution in [-0.4, -0.2) is 55.0 Å². The van der Waals surface area contributed by atoms with Gasteiger partial charge in [-0.2, -0.15) is 0 Å². The van der Waals surface area contributed by atoms with Gasteiger partial charge in [0, 0.05) is 31.1 Å². The first-order valence-electron chi connectivity index (χ1n) is 5.27. The van der Waals surface area contributed by atoms with Crippen LogP contribution in [0.15, 0.2) is 0 Å². The number of amides is 1. The van der Waals surface area contributed by atoms with Gasteiger partial charge in [-0.25, -0.2) is 0 Å². The van der Waals surface area contributed by atoms with E-state index in [1.165, 1.54) is 0 Å². The van der Waals surface area contributed by atoms with Crippen molar-refractivity contribution < 1.29 is 4.79 Å². The number of fused-ring (bicyclic) bond motifs is 2. The molecule has 0 aromatic heterocycles. The lowest BCUT2D eigenvalue weighted by Gasteiger charge is -2.49. The minimum absolute atomic E-state index is 0.106. The van der Waals surface area contributed by atoms with Gasteiger partial charge in [0.05, 0.1) is 0 Å². The maximum Gasteiger partial charge on any atom is 0.220 e. The fraction of sp³-hybridized carbons (Fsp3) is 0.900. The van der Waals surface area contributed by atoms with Crippen molar-refractivity contribution in [2.75, 3.05) is 27.2 Å². The number of primary amides is 1. The van der Waals surface area contributed by atoms with E-state index in [9.17, 15) is 4.79 Å². The number of nitrogens with two attached hydrogens (primary N) is 1. The standard InChI is InChI=1S/C10H19N3O/c1-12-5-8-3-7(10(11)14)4-9(6-12)13(8)2/h7-9H,3-6H2,1-2H3,(H2,11,14). The molecule has 0 aromatic rings. The number of likely N-dealkylation sites (N-methyl/N-ethyl adjacent to an activating group) is 2. The zero-order valence-corrected chi connectivity index (χ0v) is 8.94. The van der Waals surface area contributed by atoms with Crippen molar-refractivity contribution in [3.63, 3.8) is 0 Å². The monoisotopic (exact) mass is 197 g/mol. The van der Waals surface area contributed by atoms with Crippen molar-refractivity contribution >= 4 is 5.91 Å².